The normalized spacial score (nSPS) is 23.6. The van der Waals surface area contributed by atoms with Crippen LogP contribution in [0.15, 0.2) is 35.9 Å². The molecule has 1 atom stereocenters. The number of piperidine rings is 1. The minimum absolute atomic E-state index is 0.470. The fraction of sp³-hybridized carbons (Fsp3) is 0.357. The summed E-state index contributed by atoms with van der Waals surface area (Å²) in [6.07, 6.45) is 0.994. The van der Waals surface area contributed by atoms with Gasteiger partial charge in [-0.1, -0.05) is 42.8 Å². The Labute approximate surface area is 96.8 Å². The van der Waals surface area contributed by atoms with Crippen LogP contribution in [0.2, 0.25) is 0 Å². The molecule has 0 bridgehead atoms. The van der Waals surface area contributed by atoms with Crippen molar-refractivity contribution in [3.05, 3.63) is 52.9 Å². The van der Waals surface area contributed by atoms with Crippen LogP contribution in [0.25, 0.3) is 10.5 Å². The van der Waals surface area contributed by atoms with Crippen LogP contribution >= 0.6 is 0 Å². The van der Waals surface area contributed by atoms with Crippen molar-refractivity contribution >= 4 is 5.70 Å². The lowest BCUT2D eigenvalue weighted by atomic mass is 9.90. The van der Waals surface area contributed by atoms with Crippen molar-refractivity contribution in [1.82, 2.24) is 5.32 Å². The first-order valence-corrected chi connectivity index (χ1v) is 5.69. The van der Waals surface area contributed by atoms with Gasteiger partial charge in [-0.05, 0) is 24.4 Å². The van der Waals surface area contributed by atoms with Gasteiger partial charge >= 0.3 is 0 Å². The summed E-state index contributed by atoms with van der Waals surface area (Å²) in [7, 11) is 0. The molecule has 2 nitrogen and oxygen atoms in total. The van der Waals surface area contributed by atoms with Gasteiger partial charge in [-0.15, -0.1) is 0 Å². The molecule has 0 aliphatic carbocycles. The zero-order valence-electron chi connectivity index (χ0n) is 9.53. The summed E-state index contributed by atoms with van der Waals surface area (Å²) in [6, 6.07) is 10.0. The Kier molecular flexibility index (Phi) is 3.38. The maximum Gasteiger partial charge on any atom is 0.193 e. The topological polar surface area (TPSA) is 16.4 Å². The number of nitrogens with zero attached hydrogens (tertiary/aromatic N) is 1. The number of hydrogen-bond donors (Lipinski definition) is 1. The lowest BCUT2D eigenvalue weighted by molar-refractivity contribution is 0.503. The van der Waals surface area contributed by atoms with Crippen molar-refractivity contribution in [2.24, 2.45) is 5.92 Å². The van der Waals surface area contributed by atoms with E-state index in [0.29, 0.717) is 5.92 Å². The molecule has 2 heteroatoms. The first-order valence-electron chi connectivity index (χ1n) is 5.69. The lowest BCUT2D eigenvalue weighted by Gasteiger charge is -2.24. The van der Waals surface area contributed by atoms with Crippen LogP contribution in [0.5, 0.6) is 0 Å². The third kappa shape index (κ3) is 2.15. The van der Waals surface area contributed by atoms with Crippen LogP contribution in [-0.2, 0) is 0 Å². The van der Waals surface area contributed by atoms with Crippen molar-refractivity contribution in [1.29, 1.82) is 0 Å². The average Bonchev–Trinajstić information content (AvgIpc) is 2.34. The van der Waals surface area contributed by atoms with Gasteiger partial charge in [0, 0.05) is 6.54 Å². The van der Waals surface area contributed by atoms with Crippen molar-refractivity contribution < 1.29 is 0 Å². The maximum atomic E-state index is 7.37. The highest BCUT2D eigenvalue weighted by Crippen LogP contribution is 2.28. The maximum absolute atomic E-state index is 7.37. The predicted molar refractivity (Wildman–Crippen MR) is 66.6 cm³/mol. The fourth-order valence-corrected chi connectivity index (χ4v) is 2.18. The summed E-state index contributed by atoms with van der Waals surface area (Å²) in [5.41, 5.74) is 3.22. The number of rotatable bonds is 1. The zero-order chi connectivity index (χ0) is 11.4. The Morgan fingerprint density at radius 2 is 2.12 bits per heavy atom. The molecule has 0 saturated carbocycles. The molecular formula is C14H16N2. The van der Waals surface area contributed by atoms with Crippen LogP contribution in [0.1, 0.15) is 18.9 Å². The fourth-order valence-electron chi connectivity index (χ4n) is 2.18. The highest BCUT2D eigenvalue weighted by Gasteiger charge is 2.18. The highest BCUT2D eigenvalue weighted by atomic mass is 14.9. The van der Waals surface area contributed by atoms with E-state index >= 15 is 0 Å². The van der Waals surface area contributed by atoms with E-state index in [1.54, 1.807) is 0 Å². The first-order chi connectivity index (χ1) is 7.83. The van der Waals surface area contributed by atoms with Crippen LogP contribution in [0.4, 0.5) is 0 Å². The minimum atomic E-state index is 0.470. The predicted octanol–water partition coefficient (Wildman–Crippen LogP) is 2.95. The standard InChI is InChI=1S/C14H16N2/c1-11-10-16-9-8-13(11)14(15-2)12-6-4-3-5-7-12/h3-7,11,16H,8-10H2,1H3. The summed E-state index contributed by atoms with van der Waals surface area (Å²) < 4.78 is 0. The van der Waals surface area contributed by atoms with Gasteiger partial charge in [-0.25, -0.2) is 4.85 Å². The molecule has 0 aromatic heterocycles. The van der Waals surface area contributed by atoms with Gasteiger partial charge in [0.25, 0.3) is 0 Å². The van der Waals surface area contributed by atoms with Gasteiger partial charge < -0.3 is 5.32 Å². The van der Waals surface area contributed by atoms with Crippen molar-refractivity contribution in [2.75, 3.05) is 13.1 Å². The van der Waals surface area contributed by atoms with Gasteiger partial charge in [0.1, 0.15) is 0 Å². The highest BCUT2D eigenvalue weighted by molar-refractivity contribution is 5.74. The second kappa shape index (κ2) is 4.96. The smallest absolute Gasteiger partial charge is 0.193 e. The van der Waals surface area contributed by atoms with E-state index in [0.717, 1.165) is 30.8 Å². The molecule has 1 fully saturated rings. The van der Waals surface area contributed by atoms with Crippen molar-refractivity contribution in [2.45, 2.75) is 13.3 Å². The van der Waals surface area contributed by atoms with E-state index in [4.69, 9.17) is 6.57 Å². The van der Waals surface area contributed by atoms with E-state index in [-0.39, 0.29) is 0 Å². The molecule has 0 radical (unpaired) electrons. The summed E-state index contributed by atoms with van der Waals surface area (Å²) in [5, 5.41) is 3.36. The molecule has 1 unspecified atom stereocenters. The third-order valence-corrected chi connectivity index (χ3v) is 3.08. The van der Waals surface area contributed by atoms with Gasteiger partial charge in [0.05, 0.1) is 6.57 Å². The summed E-state index contributed by atoms with van der Waals surface area (Å²) in [4.78, 5) is 3.73. The molecule has 1 aromatic rings. The molecule has 1 aliphatic rings. The Bertz CT molecular complexity index is 426. The summed E-state index contributed by atoms with van der Waals surface area (Å²) in [5.74, 6) is 0.470. The lowest BCUT2D eigenvalue weighted by Crippen LogP contribution is -2.30. The van der Waals surface area contributed by atoms with E-state index in [2.05, 4.69) is 17.1 Å². The number of hydrogen-bond acceptors (Lipinski definition) is 1. The average molecular weight is 212 g/mol. The summed E-state index contributed by atoms with van der Waals surface area (Å²) >= 11 is 0. The molecule has 2 rings (SSSR count). The monoisotopic (exact) mass is 212 g/mol. The second-order valence-electron chi connectivity index (χ2n) is 4.21. The molecule has 0 amide bonds. The Balaban J connectivity index is 2.42. The SMILES string of the molecule is [C-]#[N+]C(=C1CCNCC1C)c1ccccc1. The van der Waals surface area contributed by atoms with Crippen LogP contribution in [-0.4, -0.2) is 13.1 Å². The van der Waals surface area contributed by atoms with E-state index in [1.807, 2.05) is 30.3 Å². The third-order valence-electron chi connectivity index (χ3n) is 3.08. The van der Waals surface area contributed by atoms with Crippen molar-refractivity contribution in [3.8, 4) is 0 Å². The molecule has 1 saturated heterocycles. The number of nitrogens with one attached hydrogen (secondary N) is 1. The molecule has 1 N–H and O–H groups in total. The van der Waals surface area contributed by atoms with Gasteiger partial charge in [0.2, 0.25) is 0 Å². The Morgan fingerprint density at radius 3 is 2.75 bits per heavy atom. The Hall–Kier alpha value is -1.59. The van der Waals surface area contributed by atoms with Crippen molar-refractivity contribution in [3.63, 3.8) is 0 Å². The molecule has 1 aromatic carbocycles. The number of benzene rings is 1. The summed E-state index contributed by atoms with van der Waals surface area (Å²) in [6.45, 7) is 11.5. The quantitative estimate of drug-likeness (QED) is 0.708. The van der Waals surface area contributed by atoms with Crippen LogP contribution < -0.4 is 5.32 Å². The molecule has 82 valence electrons. The molecule has 1 heterocycles. The van der Waals surface area contributed by atoms with Gasteiger partial charge in [-0.3, -0.25) is 0 Å². The van der Waals surface area contributed by atoms with Gasteiger partial charge in [0.15, 0.2) is 5.70 Å². The Morgan fingerprint density at radius 1 is 1.38 bits per heavy atom. The van der Waals surface area contributed by atoms with E-state index in [1.165, 1.54) is 5.57 Å². The zero-order valence-corrected chi connectivity index (χ0v) is 9.53. The largest absolute Gasteiger partial charge is 0.316 e. The van der Waals surface area contributed by atoms with E-state index in [9.17, 15) is 0 Å². The molecular weight excluding hydrogens is 196 g/mol. The van der Waals surface area contributed by atoms with E-state index < -0.39 is 0 Å². The minimum Gasteiger partial charge on any atom is -0.316 e. The first kappa shape index (κ1) is 10.9. The van der Waals surface area contributed by atoms with Crippen LogP contribution in [0, 0.1) is 12.5 Å². The van der Waals surface area contributed by atoms with Crippen LogP contribution in [0.3, 0.4) is 0 Å². The molecule has 16 heavy (non-hydrogen) atoms. The van der Waals surface area contributed by atoms with Gasteiger partial charge in [-0.2, -0.15) is 0 Å². The molecule has 0 spiro atoms. The second-order valence-corrected chi connectivity index (χ2v) is 4.21. The molecule has 1 aliphatic heterocycles.